The maximum atomic E-state index is 12.5. The molecule has 0 bridgehead atoms. The minimum atomic E-state index is -0.504. The highest BCUT2D eigenvalue weighted by Crippen LogP contribution is 2.19. The van der Waals surface area contributed by atoms with Crippen LogP contribution in [-0.2, 0) is 9.59 Å². The van der Waals surface area contributed by atoms with Crippen LogP contribution < -0.4 is 20.7 Å². The largest absolute Gasteiger partial charge is 0.369 e. The molecule has 41 heavy (non-hydrogen) atoms. The molecule has 0 fully saturated rings. The predicted molar refractivity (Wildman–Crippen MR) is 178 cm³/mol. The van der Waals surface area contributed by atoms with E-state index in [1.807, 2.05) is 48.5 Å². The first-order valence-electron chi connectivity index (χ1n) is 13.1. The highest BCUT2D eigenvalue weighted by molar-refractivity contribution is 8.01. The molecule has 2 aromatic carbocycles. The quantitative estimate of drug-likeness (QED) is 0.128. The average molecular weight is 663 g/mol. The van der Waals surface area contributed by atoms with Crippen LogP contribution in [0.2, 0.25) is 0 Å². The van der Waals surface area contributed by atoms with Crippen LogP contribution in [-0.4, -0.2) is 84.4 Å². The molecule has 13 heteroatoms. The van der Waals surface area contributed by atoms with Gasteiger partial charge in [0.2, 0.25) is 0 Å². The maximum Gasteiger partial charge on any atom is 0.252 e. The van der Waals surface area contributed by atoms with Crippen LogP contribution in [0.15, 0.2) is 58.7 Å². The summed E-state index contributed by atoms with van der Waals surface area (Å²) in [6.45, 7) is 6.25. The fourth-order valence-corrected chi connectivity index (χ4v) is 5.42. The van der Waals surface area contributed by atoms with Gasteiger partial charge in [-0.05, 0) is 49.2 Å². The van der Waals surface area contributed by atoms with Crippen molar-refractivity contribution in [3.63, 3.8) is 0 Å². The van der Waals surface area contributed by atoms with Gasteiger partial charge in [-0.3, -0.25) is 9.59 Å². The molecule has 0 radical (unpaired) electrons. The summed E-state index contributed by atoms with van der Waals surface area (Å²) < 4.78 is 0. The van der Waals surface area contributed by atoms with Gasteiger partial charge >= 0.3 is 0 Å². The van der Waals surface area contributed by atoms with E-state index in [0.29, 0.717) is 49.7 Å². The highest BCUT2D eigenvalue weighted by Gasteiger charge is 2.21. The van der Waals surface area contributed by atoms with E-state index < -0.39 is 10.5 Å². The van der Waals surface area contributed by atoms with Gasteiger partial charge in [-0.2, -0.15) is 10.2 Å². The summed E-state index contributed by atoms with van der Waals surface area (Å²) in [4.78, 5) is 29.2. The zero-order valence-electron chi connectivity index (χ0n) is 23.1. The van der Waals surface area contributed by atoms with E-state index >= 15 is 0 Å². The van der Waals surface area contributed by atoms with E-state index in [1.165, 1.54) is 11.8 Å². The number of hydrogen-bond donors (Lipinski definition) is 2. The first-order chi connectivity index (χ1) is 19.8. The van der Waals surface area contributed by atoms with Crippen LogP contribution in [0, 0.1) is 0 Å². The molecule has 0 spiro atoms. The molecule has 2 N–H and O–H groups in total. The van der Waals surface area contributed by atoms with Gasteiger partial charge in [0.1, 0.15) is 0 Å². The van der Waals surface area contributed by atoms with E-state index in [2.05, 4.69) is 30.9 Å². The van der Waals surface area contributed by atoms with E-state index in [4.69, 9.17) is 46.4 Å². The number of nitrogens with one attached hydrogen (secondary N) is 2. The molecule has 8 nitrogen and oxygen atoms in total. The van der Waals surface area contributed by atoms with Crippen LogP contribution in [0.1, 0.15) is 25.0 Å². The number of benzene rings is 2. The first-order valence-corrected chi connectivity index (χ1v) is 16.2. The van der Waals surface area contributed by atoms with Crippen LogP contribution in [0.25, 0.3) is 0 Å². The molecule has 0 aliphatic carbocycles. The lowest BCUT2D eigenvalue weighted by molar-refractivity contribution is -0.120. The topological polar surface area (TPSA) is 89.4 Å². The Morgan fingerprint density at radius 1 is 0.683 bits per heavy atom. The zero-order valence-corrected chi connectivity index (χ0v) is 27.0. The van der Waals surface area contributed by atoms with Gasteiger partial charge in [0, 0.05) is 61.1 Å². The Morgan fingerprint density at radius 2 is 1.00 bits per heavy atom. The molecule has 0 aromatic heterocycles. The van der Waals surface area contributed by atoms with Gasteiger partial charge in [0.25, 0.3) is 11.8 Å². The SMILES string of the molecule is CC(SC(C)C(=O)N/N=C/c1ccc(N(CCCl)CCCl)cc1)C(=O)N/N=C\c1ccc(N(CCCl)CCCl)cc1. The number of hydrogen-bond acceptors (Lipinski definition) is 7. The van der Waals surface area contributed by atoms with Crippen molar-refractivity contribution >= 4 is 93.8 Å². The van der Waals surface area contributed by atoms with Crippen molar-refractivity contribution in [3.05, 3.63) is 59.7 Å². The Balaban J connectivity index is 1.80. The number of rotatable bonds is 18. The third kappa shape index (κ3) is 12.7. The number of hydrazone groups is 2. The molecule has 2 atom stereocenters. The predicted octanol–water partition coefficient (Wildman–Crippen LogP) is 5.37. The second-order valence-corrected chi connectivity index (χ2v) is 12.0. The molecule has 2 unspecified atom stereocenters. The first kappa shape index (κ1) is 35.0. The van der Waals surface area contributed by atoms with Crippen molar-refractivity contribution in [3.8, 4) is 0 Å². The molecule has 0 saturated heterocycles. The van der Waals surface area contributed by atoms with Crippen molar-refractivity contribution < 1.29 is 9.59 Å². The third-order valence-corrected chi connectivity index (χ3v) is 7.78. The summed E-state index contributed by atoms with van der Waals surface area (Å²) in [5.74, 6) is 1.42. The van der Waals surface area contributed by atoms with Crippen molar-refractivity contribution in [2.75, 3.05) is 59.5 Å². The smallest absolute Gasteiger partial charge is 0.252 e. The molecule has 2 amide bonds. The second kappa shape index (κ2) is 19.9. The monoisotopic (exact) mass is 660 g/mol. The molecule has 2 aromatic rings. The number of anilines is 2. The minimum absolute atomic E-state index is 0.307. The number of carbonyl (C=O) groups excluding carboxylic acids is 2. The van der Waals surface area contributed by atoms with Crippen molar-refractivity contribution in [1.29, 1.82) is 0 Å². The maximum absolute atomic E-state index is 12.5. The lowest BCUT2D eigenvalue weighted by Crippen LogP contribution is -2.33. The Bertz CT molecular complexity index is 1020. The molecular formula is C28H36Cl4N6O2S. The van der Waals surface area contributed by atoms with Crippen molar-refractivity contribution in [2.24, 2.45) is 10.2 Å². The summed E-state index contributed by atoms with van der Waals surface area (Å²) in [5, 5.41) is 7.09. The Morgan fingerprint density at radius 3 is 1.29 bits per heavy atom. The number of amides is 2. The lowest BCUT2D eigenvalue weighted by atomic mass is 10.2. The Kier molecular flexibility index (Phi) is 17.0. The molecular weight excluding hydrogens is 626 g/mol. The number of nitrogens with zero attached hydrogens (tertiary/aromatic N) is 4. The van der Waals surface area contributed by atoms with Crippen LogP contribution >= 0.6 is 58.2 Å². The van der Waals surface area contributed by atoms with Gasteiger partial charge in [0.05, 0.1) is 22.9 Å². The van der Waals surface area contributed by atoms with Crippen molar-refractivity contribution in [1.82, 2.24) is 10.9 Å². The van der Waals surface area contributed by atoms with Crippen molar-refractivity contribution in [2.45, 2.75) is 24.3 Å². The molecule has 224 valence electrons. The molecule has 0 saturated carbocycles. The second-order valence-electron chi connectivity index (χ2n) is 8.80. The number of halogens is 4. The third-order valence-electron chi connectivity index (χ3n) is 5.86. The fourth-order valence-electron chi connectivity index (χ4n) is 3.64. The summed E-state index contributed by atoms with van der Waals surface area (Å²) in [6.07, 6.45) is 3.13. The van der Waals surface area contributed by atoms with Gasteiger partial charge in [-0.25, -0.2) is 10.9 Å². The van der Waals surface area contributed by atoms with E-state index in [9.17, 15) is 9.59 Å². The Hall–Kier alpha value is -2.17. The lowest BCUT2D eigenvalue weighted by Gasteiger charge is -2.22. The summed E-state index contributed by atoms with van der Waals surface area (Å²) in [5.41, 5.74) is 8.74. The van der Waals surface area contributed by atoms with E-state index in [0.717, 1.165) is 22.5 Å². The molecule has 0 aliphatic rings. The van der Waals surface area contributed by atoms with Gasteiger partial charge < -0.3 is 9.80 Å². The zero-order chi connectivity index (χ0) is 30.0. The van der Waals surface area contributed by atoms with Crippen LogP contribution in [0.3, 0.4) is 0 Å². The minimum Gasteiger partial charge on any atom is -0.369 e. The molecule has 0 heterocycles. The summed E-state index contributed by atoms with van der Waals surface area (Å²) >= 11 is 24.7. The molecule has 2 rings (SSSR count). The molecule has 0 aliphatic heterocycles. The van der Waals surface area contributed by atoms with Crippen LogP contribution in [0.4, 0.5) is 11.4 Å². The number of carbonyl (C=O) groups is 2. The average Bonchev–Trinajstić information content (AvgIpc) is 2.97. The van der Waals surface area contributed by atoms with Gasteiger partial charge in [0.15, 0.2) is 0 Å². The van der Waals surface area contributed by atoms with E-state index in [1.54, 1.807) is 26.3 Å². The van der Waals surface area contributed by atoms with Crippen LogP contribution in [0.5, 0.6) is 0 Å². The van der Waals surface area contributed by atoms with E-state index in [-0.39, 0.29) is 11.8 Å². The summed E-state index contributed by atoms with van der Waals surface area (Å²) in [7, 11) is 0. The number of thioether (sulfide) groups is 1. The highest BCUT2D eigenvalue weighted by atomic mass is 35.5. The number of alkyl halides is 4. The normalized spacial score (nSPS) is 12.8. The van der Waals surface area contributed by atoms with Gasteiger partial charge in [-0.1, -0.05) is 24.3 Å². The standard InChI is InChI=1S/C28H36Cl4N6O2S/c1-21(27(39)35-33-19-23-3-7-25(8-4-23)37(15-11-29)16-12-30)41-22(2)28(40)36-34-20-24-5-9-26(10-6-24)38(17-13-31)18-14-32/h3-10,19-22H,11-18H2,1-2H3,(H,35,39)(H,36,40)/b33-19-,34-20+. The Labute approximate surface area is 266 Å². The summed E-state index contributed by atoms with van der Waals surface area (Å²) in [6, 6.07) is 15.4. The fraction of sp³-hybridized carbons (Fsp3) is 0.429. The van der Waals surface area contributed by atoms with Gasteiger partial charge in [-0.15, -0.1) is 58.2 Å².